The van der Waals surface area contributed by atoms with E-state index in [1.54, 1.807) is 12.1 Å². The Bertz CT molecular complexity index is 263. The second kappa shape index (κ2) is 6.24. The molecule has 0 N–H and O–H groups in total. The number of hydrogen-bond acceptors (Lipinski definition) is 2. The quantitative estimate of drug-likeness (QED) is 0.652. The van der Waals surface area contributed by atoms with E-state index in [0.29, 0.717) is 12.4 Å². The lowest BCUT2D eigenvalue weighted by Crippen LogP contribution is -1.97. The molecule has 3 nitrogen and oxygen atoms in total. The fourth-order valence-electron chi connectivity index (χ4n) is 1.20. The van der Waals surface area contributed by atoms with Gasteiger partial charge in [0.1, 0.15) is 0 Å². The lowest BCUT2D eigenvalue weighted by Gasteiger charge is -2.04. The molecule has 1 heterocycles. The van der Waals surface area contributed by atoms with Crippen molar-refractivity contribution < 1.29 is 9.84 Å². The number of hydrogen-bond donors (Lipinski definition) is 0. The van der Waals surface area contributed by atoms with Gasteiger partial charge in [-0.15, -0.1) is 0 Å². The maximum Gasteiger partial charge on any atom is 0.311 e. The normalized spacial score (nSPS) is 10.1. The van der Waals surface area contributed by atoms with Crippen LogP contribution >= 0.6 is 0 Å². The van der Waals surface area contributed by atoms with Crippen LogP contribution in [0.5, 0.6) is 11.6 Å². The molecule has 1 rings (SSSR count). The third-order valence-electron chi connectivity index (χ3n) is 1.99. The number of nitrogens with zero attached hydrogens (tertiary/aromatic N) is 1. The highest BCUT2D eigenvalue weighted by atomic mass is 16.5. The van der Waals surface area contributed by atoms with Crippen LogP contribution in [0, 0.1) is 0 Å². The first-order valence-electron chi connectivity index (χ1n) is 5.09. The average molecular weight is 194 g/mol. The second-order valence-corrected chi connectivity index (χ2v) is 3.22. The zero-order chi connectivity index (χ0) is 10.2. The summed E-state index contributed by atoms with van der Waals surface area (Å²) < 4.78 is 5.31. The van der Waals surface area contributed by atoms with Crippen molar-refractivity contribution in [3.8, 4) is 11.6 Å². The number of unbranched alkanes of at least 4 members (excludes halogenated alkanes) is 3. The van der Waals surface area contributed by atoms with Gasteiger partial charge in [-0.25, -0.2) is 4.98 Å². The Labute approximate surface area is 84.7 Å². The van der Waals surface area contributed by atoms with Gasteiger partial charge < -0.3 is 4.74 Å². The molecule has 0 saturated heterocycles. The summed E-state index contributed by atoms with van der Waals surface area (Å²) >= 11 is 0. The largest absolute Gasteiger partial charge is 0.488 e. The first-order valence-corrected chi connectivity index (χ1v) is 5.09. The van der Waals surface area contributed by atoms with Crippen LogP contribution in [0.2, 0.25) is 0 Å². The van der Waals surface area contributed by atoms with Crippen LogP contribution in [0.3, 0.4) is 0 Å². The van der Waals surface area contributed by atoms with Crippen LogP contribution < -0.4 is 4.74 Å². The fraction of sp³-hybridized carbons (Fsp3) is 0.545. The molecule has 0 bridgehead atoms. The molecule has 77 valence electrons. The third kappa shape index (κ3) is 3.64. The van der Waals surface area contributed by atoms with Crippen LogP contribution in [-0.2, 0) is 5.11 Å². The smallest absolute Gasteiger partial charge is 0.311 e. The summed E-state index contributed by atoms with van der Waals surface area (Å²) in [6.07, 6.45) is 6.07. The average Bonchev–Trinajstić information content (AvgIpc) is 2.20. The molecule has 0 aromatic carbocycles. The number of pyridine rings is 1. The van der Waals surface area contributed by atoms with Gasteiger partial charge in [0.25, 0.3) is 0 Å². The van der Waals surface area contributed by atoms with E-state index in [9.17, 15) is 5.11 Å². The molecular formula is C11H16NO2. The van der Waals surface area contributed by atoms with Gasteiger partial charge in [-0.3, -0.25) is 5.11 Å². The predicted molar refractivity (Wildman–Crippen MR) is 54.0 cm³/mol. The minimum atomic E-state index is -0.275. The first-order chi connectivity index (χ1) is 6.84. The van der Waals surface area contributed by atoms with Crippen molar-refractivity contribution in [2.24, 2.45) is 0 Å². The molecule has 1 aromatic heterocycles. The number of rotatable bonds is 6. The van der Waals surface area contributed by atoms with E-state index in [1.807, 2.05) is 0 Å². The van der Waals surface area contributed by atoms with E-state index in [-0.39, 0.29) is 5.88 Å². The van der Waals surface area contributed by atoms with E-state index in [4.69, 9.17) is 4.74 Å². The van der Waals surface area contributed by atoms with Crippen LogP contribution in [0.1, 0.15) is 32.6 Å². The van der Waals surface area contributed by atoms with Crippen LogP contribution in [-0.4, -0.2) is 11.6 Å². The lowest BCUT2D eigenvalue weighted by atomic mass is 10.2. The fourth-order valence-corrected chi connectivity index (χ4v) is 1.20. The Morgan fingerprint density at radius 3 is 2.93 bits per heavy atom. The highest BCUT2D eigenvalue weighted by Gasteiger charge is 2.02. The molecule has 0 aliphatic heterocycles. The van der Waals surface area contributed by atoms with Gasteiger partial charge in [0.05, 0.1) is 6.61 Å². The number of aromatic nitrogens is 1. The van der Waals surface area contributed by atoms with E-state index >= 15 is 0 Å². The predicted octanol–water partition coefficient (Wildman–Crippen LogP) is 3.18. The zero-order valence-electron chi connectivity index (χ0n) is 8.53. The van der Waals surface area contributed by atoms with E-state index in [2.05, 4.69) is 11.9 Å². The maximum atomic E-state index is 11.1. The highest BCUT2D eigenvalue weighted by Crippen LogP contribution is 2.22. The molecule has 1 radical (unpaired) electrons. The molecule has 1 aromatic rings. The summed E-state index contributed by atoms with van der Waals surface area (Å²) in [4.78, 5) is 3.61. The van der Waals surface area contributed by atoms with Crippen molar-refractivity contribution in [3.63, 3.8) is 0 Å². The van der Waals surface area contributed by atoms with Crippen molar-refractivity contribution in [1.82, 2.24) is 4.98 Å². The first kappa shape index (κ1) is 10.8. The van der Waals surface area contributed by atoms with Gasteiger partial charge in [0, 0.05) is 6.20 Å². The SMILES string of the molecule is CCCCCCOc1cccnc1[O]. The Hall–Kier alpha value is -1.25. The van der Waals surface area contributed by atoms with Crippen molar-refractivity contribution in [3.05, 3.63) is 18.3 Å². The highest BCUT2D eigenvalue weighted by molar-refractivity contribution is 5.30. The topological polar surface area (TPSA) is 42.0 Å². The Kier molecular flexibility index (Phi) is 4.83. The molecule has 0 spiro atoms. The second-order valence-electron chi connectivity index (χ2n) is 3.22. The summed E-state index contributed by atoms with van der Waals surface area (Å²) in [6.45, 7) is 2.78. The van der Waals surface area contributed by atoms with Crippen molar-refractivity contribution in [2.45, 2.75) is 32.6 Å². The zero-order valence-corrected chi connectivity index (χ0v) is 8.53. The van der Waals surface area contributed by atoms with E-state index in [1.165, 1.54) is 19.0 Å². The Balaban J connectivity index is 2.21. The molecule has 0 amide bonds. The standard InChI is InChI=1S/C11H16NO2/c1-2-3-4-5-9-14-10-7-6-8-12-11(10)13/h6-8H,2-5,9H2,1H3. The summed E-state index contributed by atoms with van der Waals surface area (Å²) in [7, 11) is 0. The molecule has 0 fully saturated rings. The van der Waals surface area contributed by atoms with Crippen molar-refractivity contribution in [2.75, 3.05) is 6.61 Å². The minimum absolute atomic E-state index is 0.275. The van der Waals surface area contributed by atoms with Gasteiger partial charge in [0.2, 0.25) is 0 Å². The number of ether oxygens (including phenoxy) is 1. The molecular weight excluding hydrogens is 178 g/mol. The van der Waals surface area contributed by atoms with E-state index in [0.717, 1.165) is 12.8 Å². The van der Waals surface area contributed by atoms with Gasteiger partial charge >= 0.3 is 5.88 Å². The summed E-state index contributed by atoms with van der Waals surface area (Å²) in [5.41, 5.74) is 0. The maximum absolute atomic E-state index is 11.1. The molecule has 3 heteroatoms. The van der Waals surface area contributed by atoms with Gasteiger partial charge in [-0.05, 0) is 18.6 Å². The lowest BCUT2D eigenvalue weighted by molar-refractivity contribution is 0.261. The molecule has 0 saturated carbocycles. The molecule has 0 atom stereocenters. The van der Waals surface area contributed by atoms with Crippen molar-refractivity contribution in [1.29, 1.82) is 0 Å². The summed E-state index contributed by atoms with van der Waals surface area (Å²) in [6, 6.07) is 3.37. The Morgan fingerprint density at radius 1 is 1.36 bits per heavy atom. The van der Waals surface area contributed by atoms with Crippen molar-refractivity contribution >= 4 is 0 Å². The van der Waals surface area contributed by atoms with Gasteiger partial charge in [-0.2, -0.15) is 0 Å². The Morgan fingerprint density at radius 2 is 2.21 bits per heavy atom. The van der Waals surface area contributed by atoms with E-state index < -0.39 is 0 Å². The third-order valence-corrected chi connectivity index (χ3v) is 1.99. The van der Waals surface area contributed by atoms with Crippen LogP contribution in [0.15, 0.2) is 18.3 Å². The molecule has 0 aliphatic rings. The van der Waals surface area contributed by atoms with Gasteiger partial charge in [0.15, 0.2) is 5.75 Å². The monoisotopic (exact) mass is 194 g/mol. The van der Waals surface area contributed by atoms with Gasteiger partial charge in [-0.1, -0.05) is 26.2 Å². The summed E-state index contributed by atoms with van der Waals surface area (Å²) in [5.74, 6) is 0.0898. The minimum Gasteiger partial charge on any atom is -0.488 e. The molecule has 14 heavy (non-hydrogen) atoms. The molecule has 0 aliphatic carbocycles. The molecule has 0 unspecified atom stereocenters. The summed E-state index contributed by atoms with van der Waals surface area (Å²) in [5, 5.41) is 11.1. The van der Waals surface area contributed by atoms with Crippen LogP contribution in [0.4, 0.5) is 0 Å². The van der Waals surface area contributed by atoms with Crippen LogP contribution in [0.25, 0.3) is 0 Å².